The Bertz CT molecular complexity index is 486. The van der Waals surface area contributed by atoms with Crippen molar-refractivity contribution in [2.45, 2.75) is 32.8 Å². The van der Waals surface area contributed by atoms with Gasteiger partial charge in [0.25, 0.3) is 0 Å². The molecule has 0 aliphatic carbocycles. The molecule has 1 aromatic rings. The Kier molecular flexibility index (Phi) is 6.51. The molecule has 1 aromatic carbocycles. The van der Waals surface area contributed by atoms with E-state index in [9.17, 15) is 9.59 Å². The lowest BCUT2D eigenvalue weighted by atomic mass is 10.2. The zero-order valence-electron chi connectivity index (χ0n) is 11.4. The van der Waals surface area contributed by atoms with Crippen molar-refractivity contribution in [3.63, 3.8) is 0 Å². The van der Waals surface area contributed by atoms with Crippen LogP contribution in [0.15, 0.2) is 22.7 Å². The van der Waals surface area contributed by atoms with Crippen molar-refractivity contribution in [3.8, 4) is 5.75 Å². The van der Waals surface area contributed by atoms with Crippen LogP contribution in [-0.4, -0.2) is 29.8 Å². The number of carboxylic acid groups (broad SMARTS) is 1. The van der Waals surface area contributed by atoms with Gasteiger partial charge < -0.3 is 14.6 Å². The summed E-state index contributed by atoms with van der Waals surface area (Å²) >= 11 is 3.24. The fourth-order valence-electron chi connectivity index (χ4n) is 1.60. The summed E-state index contributed by atoms with van der Waals surface area (Å²) < 4.78 is 11.1. The second-order valence-corrected chi connectivity index (χ2v) is 4.95. The molecule has 110 valence electrons. The fourth-order valence-corrected chi connectivity index (χ4v) is 2.08. The number of esters is 1. The third-order valence-electron chi connectivity index (χ3n) is 2.55. The first-order chi connectivity index (χ1) is 9.49. The van der Waals surface area contributed by atoms with E-state index in [0.717, 1.165) is 6.42 Å². The third-order valence-corrected chi connectivity index (χ3v) is 3.17. The second kappa shape index (κ2) is 7.89. The van der Waals surface area contributed by atoms with E-state index in [-0.39, 0.29) is 5.56 Å². The zero-order valence-corrected chi connectivity index (χ0v) is 13.0. The van der Waals surface area contributed by atoms with Gasteiger partial charge in [-0.2, -0.15) is 0 Å². The standard InChI is InChI=1S/C14H17BrO5/c1-3-5-12(14(18)19-4-2)20-11-7-6-9(13(16)17)8-10(11)15/h6-8,12H,3-5H2,1-2H3,(H,16,17). The van der Waals surface area contributed by atoms with Gasteiger partial charge in [-0.25, -0.2) is 9.59 Å². The Labute approximate surface area is 126 Å². The summed E-state index contributed by atoms with van der Waals surface area (Å²) in [7, 11) is 0. The largest absolute Gasteiger partial charge is 0.478 e. The van der Waals surface area contributed by atoms with Crippen LogP contribution in [0.2, 0.25) is 0 Å². The van der Waals surface area contributed by atoms with Crippen LogP contribution >= 0.6 is 15.9 Å². The molecule has 0 radical (unpaired) electrons. The van der Waals surface area contributed by atoms with Gasteiger partial charge in [0.1, 0.15) is 5.75 Å². The summed E-state index contributed by atoms with van der Waals surface area (Å²) in [6.07, 6.45) is 0.618. The van der Waals surface area contributed by atoms with Crippen molar-refractivity contribution < 1.29 is 24.2 Å². The quantitative estimate of drug-likeness (QED) is 0.768. The molecular weight excluding hydrogens is 328 g/mol. The topological polar surface area (TPSA) is 72.8 Å². The molecule has 0 spiro atoms. The number of halogens is 1. The van der Waals surface area contributed by atoms with E-state index < -0.39 is 18.0 Å². The van der Waals surface area contributed by atoms with Crippen molar-refractivity contribution in [2.75, 3.05) is 6.61 Å². The monoisotopic (exact) mass is 344 g/mol. The van der Waals surface area contributed by atoms with E-state index >= 15 is 0 Å². The Morgan fingerprint density at radius 3 is 2.55 bits per heavy atom. The van der Waals surface area contributed by atoms with Crippen molar-refractivity contribution in [1.29, 1.82) is 0 Å². The molecule has 6 heteroatoms. The van der Waals surface area contributed by atoms with Crippen molar-refractivity contribution in [1.82, 2.24) is 0 Å². The number of carbonyl (C=O) groups is 2. The predicted molar refractivity (Wildman–Crippen MR) is 77.1 cm³/mol. The maximum absolute atomic E-state index is 11.8. The maximum Gasteiger partial charge on any atom is 0.347 e. The zero-order chi connectivity index (χ0) is 15.1. The highest BCUT2D eigenvalue weighted by Crippen LogP contribution is 2.28. The molecule has 0 saturated carbocycles. The van der Waals surface area contributed by atoms with Crippen LogP contribution in [-0.2, 0) is 9.53 Å². The molecule has 5 nitrogen and oxygen atoms in total. The molecule has 0 aliphatic rings. The SMILES string of the molecule is CCCC(Oc1ccc(C(=O)O)cc1Br)C(=O)OCC. The van der Waals surface area contributed by atoms with Gasteiger partial charge in [0.05, 0.1) is 16.6 Å². The Hall–Kier alpha value is -1.56. The van der Waals surface area contributed by atoms with Crippen molar-refractivity contribution in [2.24, 2.45) is 0 Å². The summed E-state index contributed by atoms with van der Waals surface area (Å²) in [6.45, 7) is 3.97. The number of carbonyl (C=O) groups excluding carboxylic acids is 1. The van der Waals surface area contributed by atoms with Crippen LogP contribution < -0.4 is 4.74 Å². The molecule has 0 heterocycles. The molecule has 1 N–H and O–H groups in total. The molecule has 0 aromatic heterocycles. The first-order valence-electron chi connectivity index (χ1n) is 6.35. The summed E-state index contributed by atoms with van der Waals surface area (Å²) in [6, 6.07) is 4.39. The molecule has 20 heavy (non-hydrogen) atoms. The number of hydrogen-bond donors (Lipinski definition) is 1. The summed E-state index contributed by atoms with van der Waals surface area (Å²) in [5.41, 5.74) is 0.146. The highest BCUT2D eigenvalue weighted by Gasteiger charge is 2.22. The third kappa shape index (κ3) is 4.52. The highest BCUT2D eigenvalue weighted by atomic mass is 79.9. The summed E-state index contributed by atoms with van der Waals surface area (Å²) in [5, 5.41) is 8.89. The molecule has 1 atom stereocenters. The van der Waals surface area contributed by atoms with E-state index in [1.807, 2.05) is 6.92 Å². The minimum absolute atomic E-state index is 0.146. The fraction of sp³-hybridized carbons (Fsp3) is 0.429. The average Bonchev–Trinajstić information content (AvgIpc) is 2.40. The van der Waals surface area contributed by atoms with Gasteiger partial charge in [-0.15, -0.1) is 0 Å². The van der Waals surface area contributed by atoms with E-state index in [1.165, 1.54) is 18.2 Å². The van der Waals surface area contributed by atoms with Gasteiger partial charge in [-0.05, 0) is 47.5 Å². The summed E-state index contributed by atoms with van der Waals surface area (Å²) in [4.78, 5) is 22.6. The Morgan fingerprint density at radius 1 is 1.35 bits per heavy atom. The minimum atomic E-state index is -1.02. The Balaban J connectivity index is 2.88. The number of rotatable bonds is 7. The molecule has 0 amide bonds. The molecule has 0 aliphatic heterocycles. The van der Waals surface area contributed by atoms with E-state index in [0.29, 0.717) is 23.2 Å². The van der Waals surface area contributed by atoms with Gasteiger partial charge >= 0.3 is 11.9 Å². The normalized spacial score (nSPS) is 11.8. The lowest BCUT2D eigenvalue weighted by Gasteiger charge is -2.18. The van der Waals surface area contributed by atoms with Crippen LogP contribution in [0.1, 0.15) is 37.0 Å². The Morgan fingerprint density at radius 2 is 2.05 bits per heavy atom. The lowest BCUT2D eigenvalue weighted by Crippen LogP contribution is -2.29. The van der Waals surface area contributed by atoms with Gasteiger partial charge in [0.15, 0.2) is 6.10 Å². The molecule has 1 unspecified atom stereocenters. The highest BCUT2D eigenvalue weighted by molar-refractivity contribution is 9.10. The molecule has 0 fully saturated rings. The summed E-state index contributed by atoms with van der Waals surface area (Å²) in [5.74, 6) is -1.02. The number of benzene rings is 1. The van der Waals surface area contributed by atoms with Crippen LogP contribution in [0.25, 0.3) is 0 Å². The smallest absolute Gasteiger partial charge is 0.347 e. The van der Waals surface area contributed by atoms with Gasteiger partial charge in [0, 0.05) is 0 Å². The molecular formula is C14H17BrO5. The number of hydrogen-bond acceptors (Lipinski definition) is 4. The van der Waals surface area contributed by atoms with Gasteiger partial charge in [-0.1, -0.05) is 13.3 Å². The van der Waals surface area contributed by atoms with Crippen LogP contribution in [0, 0.1) is 0 Å². The van der Waals surface area contributed by atoms with Gasteiger partial charge in [0.2, 0.25) is 0 Å². The minimum Gasteiger partial charge on any atom is -0.478 e. The van der Waals surface area contributed by atoms with E-state index in [4.69, 9.17) is 14.6 Å². The second-order valence-electron chi connectivity index (χ2n) is 4.10. The number of ether oxygens (including phenoxy) is 2. The number of carboxylic acids is 1. The molecule has 0 bridgehead atoms. The van der Waals surface area contributed by atoms with Crippen molar-refractivity contribution >= 4 is 27.9 Å². The van der Waals surface area contributed by atoms with Crippen LogP contribution in [0.4, 0.5) is 0 Å². The lowest BCUT2D eigenvalue weighted by molar-refractivity contribution is -0.151. The van der Waals surface area contributed by atoms with Crippen LogP contribution in [0.3, 0.4) is 0 Å². The van der Waals surface area contributed by atoms with E-state index in [2.05, 4.69) is 15.9 Å². The van der Waals surface area contributed by atoms with E-state index in [1.54, 1.807) is 6.92 Å². The first kappa shape index (κ1) is 16.5. The average molecular weight is 345 g/mol. The van der Waals surface area contributed by atoms with Crippen LogP contribution in [0.5, 0.6) is 5.75 Å². The molecule has 0 saturated heterocycles. The first-order valence-corrected chi connectivity index (χ1v) is 7.15. The molecule has 1 rings (SSSR count). The number of aromatic carboxylic acids is 1. The van der Waals surface area contributed by atoms with Crippen molar-refractivity contribution in [3.05, 3.63) is 28.2 Å². The predicted octanol–water partition coefficient (Wildman–Crippen LogP) is 3.26. The maximum atomic E-state index is 11.8. The van der Waals surface area contributed by atoms with Gasteiger partial charge in [-0.3, -0.25) is 0 Å².